The average molecular weight is 215 g/mol. The number of aldehydes is 1. The number of hydrogen-bond acceptors (Lipinski definition) is 3. The fraction of sp³-hybridized carbons (Fsp3) is 0.250. The first kappa shape index (κ1) is 10.5. The molecule has 2 rings (SSSR count). The zero-order valence-corrected chi connectivity index (χ0v) is 9.13. The fourth-order valence-corrected chi connectivity index (χ4v) is 1.61. The van der Waals surface area contributed by atoms with E-state index >= 15 is 0 Å². The lowest BCUT2D eigenvalue weighted by Gasteiger charge is -1.97. The number of hydrogen-bond donors (Lipinski definition) is 0. The highest BCUT2D eigenvalue weighted by Gasteiger charge is 2.09. The van der Waals surface area contributed by atoms with Gasteiger partial charge in [0, 0.05) is 42.7 Å². The van der Waals surface area contributed by atoms with Crippen molar-refractivity contribution >= 4 is 6.29 Å². The van der Waals surface area contributed by atoms with Gasteiger partial charge in [-0.2, -0.15) is 5.10 Å². The van der Waals surface area contributed by atoms with E-state index in [2.05, 4.69) is 10.1 Å². The zero-order chi connectivity index (χ0) is 11.4. The van der Waals surface area contributed by atoms with Crippen molar-refractivity contribution in [3.05, 3.63) is 36.3 Å². The van der Waals surface area contributed by atoms with E-state index in [1.165, 1.54) is 0 Å². The van der Waals surface area contributed by atoms with Crippen LogP contribution in [0.3, 0.4) is 0 Å². The number of aromatic nitrogens is 3. The van der Waals surface area contributed by atoms with Crippen molar-refractivity contribution in [3.63, 3.8) is 0 Å². The summed E-state index contributed by atoms with van der Waals surface area (Å²) in [6, 6.07) is 3.81. The molecule has 0 fully saturated rings. The Bertz CT molecular complexity index is 476. The van der Waals surface area contributed by atoms with Crippen LogP contribution in [-0.2, 0) is 17.8 Å². The maximum Gasteiger partial charge on any atom is 0.124 e. The molecule has 0 aliphatic heterocycles. The van der Waals surface area contributed by atoms with Crippen LogP contribution in [0.2, 0.25) is 0 Å². The van der Waals surface area contributed by atoms with Crippen molar-refractivity contribution in [2.75, 3.05) is 0 Å². The third-order valence-corrected chi connectivity index (χ3v) is 2.40. The minimum absolute atomic E-state index is 0.393. The fourth-order valence-electron chi connectivity index (χ4n) is 1.61. The van der Waals surface area contributed by atoms with Gasteiger partial charge in [-0.1, -0.05) is 0 Å². The van der Waals surface area contributed by atoms with Crippen LogP contribution in [0, 0.1) is 0 Å². The maximum atomic E-state index is 10.6. The second kappa shape index (κ2) is 4.70. The van der Waals surface area contributed by atoms with Crippen LogP contribution in [-0.4, -0.2) is 21.1 Å². The van der Waals surface area contributed by atoms with Gasteiger partial charge in [0.2, 0.25) is 0 Å². The Morgan fingerprint density at radius 2 is 2.38 bits per heavy atom. The first-order chi connectivity index (χ1) is 7.85. The van der Waals surface area contributed by atoms with Gasteiger partial charge >= 0.3 is 0 Å². The van der Waals surface area contributed by atoms with Gasteiger partial charge in [-0.25, -0.2) is 0 Å². The molecule has 0 bridgehead atoms. The van der Waals surface area contributed by atoms with Crippen molar-refractivity contribution in [1.82, 2.24) is 14.8 Å². The van der Waals surface area contributed by atoms with Gasteiger partial charge < -0.3 is 4.79 Å². The third kappa shape index (κ3) is 2.00. The van der Waals surface area contributed by atoms with Crippen LogP contribution in [0.5, 0.6) is 0 Å². The van der Waals surface area contributed by atoms with Crippen LogP contribution in [0.4, 0.5) is 0 Å². The Kier molecular flexibility index (Phi) is 3.10. The predicted molar refractivity (Wildman–Crippen MR) is 60.9 cm³/mol. The van der Waals surface area contributed by atoms with Crippen molar-refractivity contribution in [2.45, 2.75) is 19.9 Å². The summed E-state index contributed by atoms with van der Waals surface area (Å²) in [6.45, 7) is 2.82. The molecular weight excluding hydrogens is 202 g/mol. The molecule has 0 aromatic carbocycles. The van der Waals surface area contributed by atoms with E-state index in [1.54, 1.807) is 12.4 Å². The molecule has 0 N–H and O–H groups in total. The molecule has 4 heteroatoms. The quantitative estimate of drug-likeness (QED) is 0.729. The van der Waals surface area contributed by atoms with E-state index in [0.29, 0.717) is 6.42 Å². The standard InChI is InChI=1S/C12H13N3O/c1-2-15-9-11(5-7-16)12(14-15)10-4-3-6-13-8-10/h3-4,6-9H,2,5H2,1H3. The molecule has 0 saturated heterocycles. The van der Waals surface area contributed by atoms with Gasteiger partial charge in [0.05, 0.1) is 5.69 Å². The summed E-state index contributed by atoms with van der Waals surface area (Å²) in [4.78, 5) is 14.7. The molecule has 0 amide bonds. The summed E-state index contributed by atoms with van der Waals surface area (Å²) in [6.07, 6.45) is 6.69. The summed E-state index contributed by atoms with van der Waals surface area (Å²) < 4.78 is 1.83. The number of carbonyl (C=O) groups excluding carboxylic acids is 1. The Morgan fingerprint density at radius 1 is 1.50 bits per heavy atom. The molecule has 0 radical (unpaired) electrons. The Labute approximate surface area is 93.9 Å². The largest absolute Gasteiger partial charge is 0.303 e. The van der Waals surface area contributed by atoms with Crippen molar-refractivity contribution in [3.8, 4) is 11.3 Å². The molecule has 16 heavy (non-hydrogen) atoms. The summed E-state index contributed by atoms with van der Waals surface area (Å²) in [5.41, 5.74) is 2.75. The van der Waals surface area contributed by atoms with Gasteiger partial charge in [0.25, 0.3) is 0 Å². The molecule has 4 nitrogen and oxygen atoms in total. The van der Waals surface area contributed by atoms with E-state index in [4.69, 9.17) is 0 Å². The van der Waals surface area contributed by atoms with Gasteiger partial charge in [0.1, 0.15) is 6.29 Å². The zero-order valence-electron chi connectivity index (χ0n) is 9.13. The molecule has 82 valence electrons. The second-order valence-corrected chi connectivity index (χ2v) is 3.47. The molecule has 0 aliphatic carbocycles. The normalized spacial score (nSPS) is 10.3. The topological polar surface area (TPSA) is 47.8 Å². The summed E-state index contributed by atoms with van der Waals surface area (Å²) in [5, 5.41) is 4.44. The predicted octanol–water partition coefficient (Wildman–Crippen LogP) is 1.71. The molecule has 0 atom stereocenters. The van der Waals surface area contributed by atoms with Gasteiger partial charge in [0.15, 0.2) is 0 Å². The summed E-state index contributed by atoms with van der Waals surface area (Å²) in [5.74, 6) is 0. The summed E-state index contributed by atoms with van der Waals surface area (Å²) in [7, 11) is 0. The van der Waals surface area contributed by atoms with E-state index in [1.807, 2.05) is 29.9 Å². The number of aryl methyl sites for hydroxylation is 1. The molecule has 2 aromatic rings. The lowest BCUT2D eigenvalue weighted by Crippen LogP contribution is -1.93. The highest BCUT2D eigenvalue weighted by molar-refractivity contribution is 5.67. The minimum Gasteiger partial charge on any atom is -0.303 e. The molecule has 0 unspecified atom stereocenters. The lowest BCUT2D eigenvalue weighted by molar-refractivity contribution is -0.107. The van der Waals surface area contributed by atoms with E-state index in [9.17, 15) is 4.79 Å². The van der Waals surface area contributed by atoms with Crippen molar-refractivity contribution in [2.24, 2.45) is 0 Å². The first-order valence-corrected chi connectivity index (χ1v) is 5.25. The molecular formula is C12H13N3O. The molecule has 0 spiro atoms. The highest BCUT2D eigenvalue weighted by Crippen LogP contribution is 2.20. The lowest BCUT2D eigenvalue weighted by atomic mass is 10.1. The molecule has 0 aliphatic rings. The van der Waals surface area contributed by atoms with Crippen LogP contribution < -0.4 is 0 Å². The van der Waals surface area contributed by atoms with Gasteiger partial charge in [-0.3, -0.25) is 9.67 Å². The Morgan fingerprint density at radius 3 is 3.00 bits per heavy atom. The molecule has 2 aromatic heterocycles. The van der Waals surface area contributed by atoms with Crippen LogP contribution in [0.15, 0.2) is 30.7 Å². The van der Waals surface area contributed by atoms with Crippen molar-refractivity contribution < 1.29 is 4.79 Å². The second-order valence-electron chi connectivity index (χ2n) is 3.47. The van der Waals surface area contributed by atoms with E-state index in [-0.39, 0.29) is 0 Å². The van der Waals surface area contributed by atoms with Crippen molar-refractivity contribution in [1.29, 1.82) is 0 Å². The smallest absolute Gasteiger partial charge is 0.124 e. The Hall–Kier alpha value is -1.97. The Balaban J connectivity index is 2.46. The SMILES string of the molecule is CCn1cc(CC=O)c(-c2cccnc2)n1. The monoisotopic (exact) mass is 215 g/mol. The minimum atomic E-state index is 0.393. The summed E-state index contributed by atoms with van der Waals surface area (Å²) >= 11 is 0. The number of rotatable bonds is 4. The maximum absolute atomic E-state index is 10.6. The van der Waals surface area contributed by atoms with Crippen LogP contribution in [0.1, 0.15) is 12.5 Å². The number of carbonyl (C=O) groups is 1. The van der Waals surface area contributed by atoms with E-state index < -0.39 is 0 Å². The average Bonchev–Trinajstić information content (AvgIpc) is 2.74. The van der Waals surface area contributed by atoms with Gasteiger partial charge in [-0.05, 0) is 19.1 Å². The first-order valence-electron chi connectivity index (χ1n) is 5.25. The molecule has 0 saturated carbocycles. The third-order valence-electron chi connectivity index (χ3n) is 2.40. The van der Waals surface area contributed by atoms with Crippen LogP contribution >= 0.6 is 0 Å². The van der Waals surface area contributed by atoms with E-state index in [0.717, 1.165) is 29.7 Å². The molecule has 2 heterocycles. The number of nitrogens with zero attached hydrogens (tertiary/aromatic N) is 3. The van der Waals surface area contributed by atoms with Gasteiger partial charge in [-0.15, -0.1) is 0 Å². The highest BCUT2D eigenvalue weighted by atomic mass is 16.1. The van der Waals surface area contributed by atoms with Crippen LogP contribution in [0.25, 0.3) is 11.3 Å². The number of pyridine rings is 1.